The molecule has 10 aliphatic rings. The summed E-state index contributed by atoms with van der Waals surface area (Å²) in [6.07, 6.45) is 5.21. The number of carbonyl (C=O) groups excluding carboxylic acids is 4. The molecule has 0 aromatic rings. The van der Waals surface area contributed by atoms with Crippen LogP contribution >= 0.6 is 0 Å². The number of ether oxygens (including phenoxy) is 2. The predicted octanol–water partition coefficient (Wildman–Crippen LogP) is 10.2. The quantitative estimate of drug-likeness (QED) is 0.0396. The van der Waals surface area contributed by atoms with Crippen molar-refractivity contribution in [2.45, 2.75) is 204 Å². The number of carboxylic acids is 4. The first kappa shape index (κ1) is 73.9. The summed E-state index contributed by atoms with van der Waals surface area (Å²) in [5, 5.41) is 40.3. The van der Waals surface area contributed by atoms with Crippen molar-refractivity contribution in [2.75, 3.05) is 0 Å². The molecule has 22 nitrogen and oxygen atoms in total. The zero-order valence-corrected chi connectivity index (χ0v) is 68.8. The van der Waals surface area contributed by atoms with Gasteiger partial charge in [0.2, 0.25) is 0 Å². The number of hydrogen-bond donors (Lipinski definition) is 4. The van der Waals surface area contributed by atoms with Crippen LogP contribution in [0.2, 0.25) is 153 Å². The van der Waals surface area contributed by atoms with Gasteiger partial charge in [-0.15, -0.1) is 0 Å². The normalized spacial score (nSPS) is 38.8. The maximum Gasteiger partial charge on any atom is 0.320 e. The molecule has 2 saturated heterocycles. The van der Waals surface area contributed by atoms with E-state index in [1.165, 1.54) is 0 Å². The minimum atomic E-state index is -3.37. The Balaban J connectivity index is 0.000000228. The smallest absolute Gasteiger partial charge is 0.320 e. The molecule has 10 rings (SSSR count). The van der Waals surface area contributed by atoms with Gasteiger partial charge in [-0.25, -0.2) is 0 Å². The monoisotopic (exact) mass is 1490 g/mol. The molecule has 0 spiro atoms. The first-order chi connectivity index (χ1) is 39.9. The molecule has 2 heterocycles. The van der Waals surface area contributed by atoms with Gasteiger partial charge >= 0.3 is 99.1 Å². The molecule has 0 aromatic heterocycles. The van der Waals surface area contributed by atoms with Gasteiger partial charge in [-0.2, -0.15) is 0 Å². The fourth-order valence-corrected chi connectivity index (χ4v) is 71.1. The SMILES string of the molecule is C[Si](C)(C)O[Si](C)(C)O[Si](C)(O[Si](C)(O[Si](C)(C)C)C1CC2CC1C1C(=O)OC(=O)C21)C1CC2CC1C(C(=O)O)C2C(=O)O.C[Si](C)(C)O[Si](C)(O[Si](C)(C)O[Si](C)(O[Si](C)(C)C)C1CC2CC1C1C(=O)OC(=O)C21)C1CC2CC1C(C(=O)O)C2C(=O)O.[Y]. The first-order valence-electron chi connectivity index (χ1n) is 31.9. The number of cyclic esters (lactones) is 4. The summed E-state index contributed by atoms with van der Waals surface area (Å²) in [6.45, 7) is 41.7. The maximum atomic E-state index is 12.9. The van der Waals surface area contributed by atoms with Crippen LogP contribution in [0.5, 0.6) is 0 Å². The van der Waals surface area contributed by atoms with E-state index in [2.05, 4.69) is 91.7 Å². The van der Waals surface area contributed by atoms with E-state index in [9.17, 15) is 58.8 Å². The van der Waals surface area contributed by atoms with Gasteiger partial charge in [0, 0.05) is 54.9 Å². The van der Waals surface area contributed by atoms with E-state index < -0.39 is 162 Å². The first-order valence-corrected chi connectivity index (χ1v) is 60.8. The second kappa shape index (κ2) is 24.9. The summed E-state index contributed by atoms with van der Waals surface area (Å²) in [7, 11) is -27.2. The third-order valence-electron chi connectivity index (χ3n) is 21.2. The molecule has 89 heavy (non-hydrogen) atoms. The predicted molar refractivity (Wildman–Crippen MR) is 344 cm³/mol. The average Bonchev–Trinajstić information content (AvgIpc) is 1.55. The summed E-state index contributed by atoms with van der Waals surface area (Å²) in [4.78, 5) is 100.0. The Bertz CT molecular complexity index is 2850. The molecule has 499 valence electrons. The summed E-state index contributed by atoms with van der Waals surface area (Å²) in [5.74, 6) is -12.5. The van der Waals surface area contributed by atoms with Crippen LogP contribution in [0.15, 0.2) is 0 Å². The van der Waals surface area contributed by atoms with Crippen molar-refractivity contribution in [1.82, 2.24) is 0 Å². The zero-order chi connectivity index (χ0) is 65.9. The number of carboxylic acid groups (broad SMARTS) is 4. The van der Waals surface area contributed by atoms with E-state index >= 15 is 0 Å². The Kier molecular flexibility index (Phi) is 20.7. The molecular weight excluding hydrogens is 1390 g/mol. The van der Waals surface area contributed by atoms with Crippen molar-refractivity contribution < 1.29 is 134 Å². The zero-order valence-electron chi connectivity index (χ0n) is 55.9. The van der Waals surface area contributed by atoms with Crippen LogP contribution in [0.3, 0.4) is 0 Å². The van der Waals surface area contributed by atoms with Gasteiger partial charge in [0.05, 0.1) is 47.3 Å². The van der Waals surface area contributed by atoms with Gasteiger partial charge in [-0.05, 0) is 230 Å². The van der Waals surface area contributed by atoms with E-state index in [0.717, 1.165) is 19.3 Å². The molecule has 4 N–H and O–H groups in total. The molecule has 10 fully saturated rings. The fourth-order valence-electron chi connectivity index (χ4n) is 20.2. The van der Waals surface area contributed by atoms with Crippen LogP contribution in [0, 0.1) is 94.7 Å². The van der Waals surface area contributed by atoms with Crippen LogP contribution in [0.25, 0.3) is 0 Å². The van der Waals surface area contributed by atoms with E-state index in [4.69, 9.17) is 42.4 Å². The minimum Gasteiger partial charge on any atom is -0.481 e. The Morgan fingerprint density at radius 3 is 0.843 bits per heavy atom. The number of hydrogen-bond acceptors (Lipinski definition) is 18. The summed E-state index contributed by atoms with van der Waals surface area (Å²) < 4.78 is 67.0. The minimum absolute atomic E-state index is 0. The van der Waals surface area contributed by atoms with Crippen molar-refractivity contribution >= 4 is 132 Å². The molecule has 33 heteroatoms. The topological polar surface area (TPSA) is 310 Å². The van der Waals surface area contributed by atoms with Crippen LogP contribution in [0.1, 0.15) is 51.4 Å². The van der Waals surface area contributed by atoms with Gasteiger partial charge in [-0.3, -0.25) is 38.4 Å². The van der Waals surface area contributed by atoms with Crippen LogP contribution in [0.4, 0.5) is 0 Å². The summed E-state index contributed by atoms with van der Waals surface area (Å²) in [5.41, 5.74) is -0.463. The van der Waals surface area contributed by atoms with E-state index in [0.29, 0.717) is 32.1 Å². The standard InChI is InChI=1S/2C28H50O11Si5.Y/c1-40(2,3)36-43(9,19-13-15-11-17(19)23(26(31)32)21(15)25(29)30)38-42(7,8)39-44(10,37-41(4,5)6)20-14-16-12-18(20)24-22(16)27(33)35-28(24)34;1-40(2,3)36-42(7,8)38-44(10,19-13-15-11-17(19)23(26(31)32)21(15)25(29)30)39-43(9,37-41(4,5)6)20-14-16-12-18(20)24-22(16)27(33)35-28(24)34;/h2*15-24H,11-14H2,1-10H3,(H,29,30)(H,31,32);. The molecule has 8 aliphatic carbocycles. The Morgan fingerprint density at radius 2 is 0.551 bits per heavy atom. The fraction of sp³-hybridized carbons (Fsp3) is 0.857. The number of rotatable bonds is 24. The number of carbonyl (C=O) groups is 8. The van der Waals surface area contributed by atoms with Crippen molar-refractivity contribution in [3.05, 3.63) is 0 Å². The van der Waals surface area contributed by atoms with E-state index in [1.54, 1.807) is 0 Å². The largest absolute Gasteiger partial charge is 0.481 e. The molecule has 0 amide bonds. The van der Waals surface area contributed by atoms with Crippen molar-refractivity contribution in [1.29, 1.82) is 0 Å². The van der Waals surface area contributed by atoms with Crippen LogP contribution in [-0.2, 0) is 113 Å². The van der Waals surface area contributed by atoms with Crippen molar-refractivity contribution in [3.8, 4) is 0 Å². The van der Waals surface area contributed by atoms with Gasteiger partial charge in [0.1, 0.15) is 0 Å². The molecule has 8 bridgehead atoms. The molecule has 24 atom stereocenters. The summed E-state index contributed by atoms with van der Waals surface area (Å²) in [6, 6.07) is 0. The van der Waals surface area contributed by atoms with Gasteiger partial charge in [-0.1, -0.05) is 0 Å². The third-order valence-corrected chi connectivity index (χ3v) is 59.8. The van der Waals surface area contributed by atoms with Crippen molar-refractivity contribution in [2.24, 2.45) is 94.7 Å². The number of aliphatic carboxylic acids is 4. The molecule has 1 radical (unpaired) electrons. The average molecular weight is 1500 g/mol. The maximum absolute atomic E-state index is 12.9. The third kappa shape index (κ3) is 14.7. The van der Waals surface area contributed by atoms with Gasteiger partial charge < -0.3 is 62.8 Å². The number of esters is 4. The molecular formula is C56H100O22Si10Y. The van der Waals surface area contributed by atoms with Gasteiger partial charge in [0.15, 0.2) is 33.3 Å². The second-order valence-corrected chi connectivity index (χ2v) is 73.3. The van der Waals surface area contributed by atoms with E-state index in [1.807, 2.05) is 39.3 Å². The van der Waals surface area contributed by atoms with E-state index in [-0.39, 0.29) is 120 Å². The Hall–Kier alpha value is -0.887. The van der Waals surface area contributed by atoms with Crippen LogP contribution in [-0.4, -0.2) is 153 Å². The molecule has 8 saturated carbocycles. The Morgan fingerprint density at radius 1 is 0.315 bits per heavy atom. The summed E-state index contributed by atoms with van der Waals surface area (Å²) >= 11 is 0. The molecule has 2 aliphatic heterocycles. The van der Waals surface area contributed by atoms with Gasteiger partial charge in [0.25, 0.3) is 0 Å². The second-order valence-electron chi connectivity index (χ2n) is 33.2. The van der Waals surface area contributed by atoms with Crippen LogP contribution < -0.4 is 0 Å². The Labute approximate surface area is 561 Å². The molecule has 24 unspecified atom stereocenters. The number of fused-ring (bicyclic) bond motifs is 14. The van der Waals surface area contributed by atoms with Crippen molar-refractivity contribution in [3.63, 3.8) is 0 Å². The molecule has 0 aromatic carbocycles.